The summed E-state index contributed by atoms with van der Waals surface area (Å²) in [5.41, 5.74) is 7.10. The van der Waals surface area contributed by atoms with Crippen LogP contribution in [0.25, 0.3) is 0 Å². The summed E-state index contributed by atoms with van der Waals surface area (Å²) in [5.74, 6) is 0. The molecule has 25 heavy (non-hydrogen) atoms. The van der Waals surface area contributed by atoms with Gasteiger partial charge < -0.3 is 0 Å². The number of rotatable bonds is 5. The second kappa shape index (κ2) is 7.27. The molecule has 0 radical (unpaired) electrons. The molecule has 0 bridgehead atoms. The third kappa shape index (κ3) is 3.92. The summed E-state index contributed by atoms with van der Waals surface area (Å²) < 4.78 is 0. The smallest absolute Gasteiger partial charge is 0.0851 e. The number of hydrogen-bond acceptors (Lipinski definition) is 2. The molecule has 0 unspecified atom stereocenters. The van der Waals surface area contributed by atoms with Gasteiger partial charge in [0.1, 0.15) is 0 Å². The number of aromatic nitrogens is 1. The maximum atomic E-state index is 4.79. The van der Waals surface area contributed by atoms with Crippen molar-refractivity contribution in [2.45, 2.75) is 19.3 Å². The Morgan fingerprint density at radius 3 is 2.28 bits per heavy atom. The molecule has 0 N–H and O–H groups in total. The fourth-order valence-electron chi connectivity index (χ4n) is 3.16. The highest BCUT2D eigenvalue weighted by Crippen LogP contribution is 2.15. The molecule has 0 fully saturated rings. The zero-order valence-corrected chi connectivity index (χ0v) is 14.1. The first kappa shape index (κ1) is 15.5. The topological polar surface area (TPSA) is 25.2 Å². The van der Waals surface area contributed by atoms with Gasteiger partial charge in [0.05, 0.1) is 11.4 Å². The van der Waals surface area contributed by atoms with E-state index in [9.17, 15) is 0 Å². The van der Waals surface area contributed by atoms with Crippen LogP contribution in [-0.4, -0.2) is 10.7 Å². The van der Waals surface area contributed by atoms with E-state index in [1.54, 1.807) is 0 Å². The van der Waals surface area contributed by atoms with Crippen molar-refractivity contribution in [2.24, 2.45) is 4.99 Å². The monoisotopic (exact) mass is 324 g/mol. The molecule has 2 nitrogen and oxygen atoms in total. The lowest BCUT2D eigenvalue weighted by molar-refractivity contribution is 1.05. The van der Waals surface area contributed by atoms with Crippen LogP contribution in [-0.2, 0) is 12.8 Å². The van der Waals surface area contributed by atoms with Crippen molar-refractivity contribution in [3.63, 3.8) is 0 Å². The minimum Gasteiger partial charge on any atom is -0.259 e. The largest absolute Gasteiger partial charge is 0.259 e. The summed E-state index contributed by atoms with van der Waals surface area (Å²) in [6.07, 6.45) is 6.61. The van der Waals surface area contributed by atoms with Gasteiger partial charge >= 0.3 is 0 Å². The number of hydrogen-bond donors (Lipinski definition) is 0. The van der Waals surface area contributed by atoms with Gasteiger partial charge in [-0.2, -0.15) is 0 Å². The van der Waals surface area contributed by atoms with Gasteiger partial charge in [-0.25, -0.2) is 0 Å². The fourth-order valence-corrected chi connectivity index (χ4v) is 3.16. The van der Waals surface area contributed by atoms with Crippen LogP contribution in [0.5, 0.6) is 0 Å². The molecule has 2 aromatic carbocycles. The minimum absolute atomic E-state index is 0.844. The average Bonchev–Trinajstić information content (AvgIpc) is 3.18. The van der Waals surface area contributed by atoms with Crippen molar-refractivity contribution in [1.29, 1.82) is 0 Å². The highest BCUT2D eigenvalue weighted by atomic mass is 14.8. The van der Waals surface area contributed by atoms with Crippen LogP contribution in [0.3, 0.4) is 0 Å². The van der Waals surface area contributed by atoms with Crippen molar-refractivity contribution in [3.8, 4) is 0 Å². The normalized spacial score (nSPS) is 13.0. The quantitative estimate of drug-likeness (QED) is 0.650. The number of aliphatic imine (C=N–C) groups is 1. The molecule has 2 heterocycles. The average molecular weight is 324 g/mol. The van der Waals surface area contributed by atoms with Gasteiger partial charge in [0, 0.05) is 24.7 Å². The van der Waals surface area contributed by atoms with E-state index in [1.807, 2.05) is 12.3 Å². The highest BCUT2D eigenvalue weighted by Gasteiger charge is 2.08. The highest BCUT2D eigenvalue weighted by molar-refractivity contribution is 6.01. The molecule has 0 atom stereocenters. The van der Waals surface area contributed by atoms with Crippen LogP contribution in [0.15, 0.2) is 90.1 Å². The summed E-state index contributed by atoms with van der Waals surface area (Å²) in [6, 6.07) is 25.6. The van der Waals surface area contributed by atoms with E-state index in [0.29, 0.717) is 0 Å². The van der Waals surface area contributed by atoms with Gasteiger partial charge in [0.2, 0.25) is 0 Å². The Kier molecular flexibility index (Phi) is 4.51. The van der Waals surface area contributed by atoms with Gasteiger partial charge in [-0.05, 0) is 35.2 Å². The van der Waals surface area contributed by atoms with Crippen molar-refractivity contribution in [2.75, 3.05) is 0 Å². The van der Waals surface area contributed by atoms with E-state index >= 15 is 0 Å². The Morgan fingerprint density at radius 2 is 1.48 bits per heavy atom. The van der Waals surface area contributed by atoms with Crippen molar-refractivity contribution in [1.82, 2.24) is 4.98 Å². The molecule has 0 amide bonds. The number of pyridine rings is 1. The molecule has 1 aliphatic rings. The molecule has 2 heteroatoms. The van der Waals surface area contributed by atoms with Crippen molar-refractivity contribution >= 4 is 5.71 Å². The lowest BCUT2D eigenvalue weighted by atomic mass is 10.0. The Balaban J connectivity index is 1.51. The third-order valence-electron chi connectivity index (χ3n) is 4.38. The van der Waals surface area contributed by atoms with Gasteiger partial charge in [0.25, 0.3) is 0 Å². The number of nitrogens with zero attached hydrogens (tertiary/aromatic N) is 2. The molecule has 1 aliphatic heterocycles. The third-order valence-corrected chi connectivity index (χ3v) is 4.38. The molecule has 0 spiro atoms. The second-order valence-electron chi connectivity index (χ2n) is 6.34. The van der Waals surface area contributed by atoms with E-state index in [0.717, 1.165) is 36.4 Å². The molecule has 0 aliphatic carbocycles. The van der Waals surface area contributed by atoms with Crippen molar-refractivity contribution in [3.05, 3.63) is 113 Å². The predicted octanol–water partition coefficient (Wildman–Crippen LogP) is 4.97. The first-order valence-corrected chi connectivity index (χ1v) is 8.66. The predicted molar refractivity (Wildman–Crippen MR) is 103 cm³/mol. The SMILES string of the molecule is C1=CN=C(c2cccc(Cc3cccc(Cc4ccccc4)c3)n2)C1. The van der Waals surface area contributed by atoms with E-state index in [-0.39, 0.29) is 0 Å². The van der Waals surface area contributed by atoms with Crippen LogP contribution in [0, 0.1) is 0 Å². The lowest BCUT2D eigenvalue weighted by Gasteiger charge is -2.07. The first-order valence-electron chi connectivity index (χ1n) is 8.66. The molecular formula is C23H20N2. The maximum absolute atomic E-state index is 4.79. The van der Waals surface area contributed by atoms with E-state index in [2.05, 4.69) is 77.8 Å². The summed E-state index contributed by atoms with van der Waals surface area (Å²) in [7, 11) is 0. The van der Waals surface area contributed by atoms with Gasteiger partial charge in [-0.15, -0.1) is 0 Å². The van der Waals surface area contributed by atoms with E-state index in [1.165, 1.54) is 16.7 Å². The second-order valence-corrected chi connectivity index (χ2v) is 6.34. The van der Waals surface area contributed by atoms with Crippen LogP contribution >= 0.6 is 0 Å². The Morgan fingerprint density at radius 1 is 0.720 bits per heavy atom. The standard InChI is InChI=1S/C23H20N2/c1-2-7-18(8-3-1)15-19-9-4-10-20(16-19)17-21-11-5-12-23(25-21)22-13-6-14-24-22/h1-12,14,16H,13,15,17H2. The number of benzene rings is 2. The zero-order valence-electron chi connectivity index (χ0n) is 14.1. The maximum Gasteiger partial charge on any atom is 0.0851 e. The molecule has 0 saturated heterocycles. The first-order chi connectivity index (χ1) is 12.4. The number of allylic oxidation sites excluding steroid dienone is 1. The Labute approximate surface area is 148 Å². The fraction of sp³-hybridized carbons (Fsp3) is 0.130. The van der Waals surface area contributed by atoms with Crippen LogP contribution in [0.2, 0.25) is 0 Å². The summed E-state index contributed by atoms with van der Waals surface area (Å²) in [6.45, 7) is 0. The summed E-state index contributed by atoms with van der Waals surface area (Å²) in [5, 5.41) is 0. The zero-order chi connectivity index (χ0) is 16.9. The molecule has 122 valence electrons. The summed E-state index contributed by atoms with van der Waals surface area (Å²) in [4.78, 5) is 9.18. The summed E-state index contributed by atoms with van der Waals surface area (Å²) >= 11 is 0. The Hall–Kier alpha value is -3.00. The molecular weight excluding hydrogens is 304 g/mol. The minimum atomic E-state index is 0.844. The van der Waals surface area contributed by atoms with Crippen molar-refractivity contribution < 1.29 is 0 Å². The van der Waals surface area contributed by atoms with Gasteiger partial charge in [-0.1, -0.05) is 66.7 Å². The van der Waals surface area contributed by atoms with Gasteiger partial charge in [0.15, 0.2) is 0 Å². The van der Waals surface area contributed by atoms with E-state index < -0.39 is 0 Å². The van der Waals surface area contributed by atoms with Gasteiger partial charge in [-0.3, -0.25) is 9.98 Å². The molecule has 3 aromatic rings. The van der Waals surface area contributed by atoms with Crippen LogP contribution in [0.4, 0.5) is 0 Å². The van der Waals surface area contributed by atoms with E-state index in [4.69, 9.17) is 4.98 Å². The molecule has 0 saturated carbocycles. The molecule has 4 rings (SSSR count). The van der Waals surface area contributed by atoms with Crippen LogP contribution < -0.4 is 0 Å². The van der Waals surface area contributed by atoms with Crippen LogP contribution in [0.1, 0.15) is 34.5 Å². The Bertz CT molecular complexity index is 924. The molecule has 1 aromatic heterocycles. The lowest BCUT2D eigenvalue weighted by Crippen LogP contribution is -2.03.